The van der Waals surface area contributed by atoms with Gasteiger partial charge in [0.2, 0.25) is 0 Å². The molecule has 0 aliphatic heterocycles. The molecule has 0 saturated carbocycles. The highest BCUT2D eigenvalue weighted by atomic mass is 79.9. The fourth-order valence-electron chi connectivity index (χ4n) is 1.97. The zero-order valence-electron chi connectivity index (χ0n) is 10.2. The summed E-state index contributed by atoms with van der Waals surface area (Å²) in [4.78, 5) is 0. The Hall–Kier alpha value is -0.710. The Labute approximate surface area is 129 Å². The fourth-order valence-corrected chi connectivity index (χ4v) is 2.74. The molecule has 2 aromatic carbocycles. The highest BCUT2D eigenvalue weighted by Gasteiger charge is 2.09. The lowest BCUT2D eigenvalue weighted by molar-refractivity contribution is 0.622. The third-order valence-electron chi connectivity index (χ3n) is 2.91. The van der Waals surface area contributed by atoms with Crippen LogP contribution in [0.25, 0.3) is 0 Å². The van der Waals surface area contributed by atoms with Crippen molar-refractivity contribution in [2.45, 2.75) is 18.9 Å². The van der Waals surface area contributed by atoms with E-state index in [1.165, 1.54) is 17.7 Å². The number of nitrogens with two attached hydrogens (primary N) is 1. The van der Waals surface area contributed by atoms with E-state index < -0.39 is 0 Å². The van der Waals surface area contributed by atoms with Crippen LogP contribution in [0.3, 0.4) is 0 Å². The van der Waals surface area contributed by atoms with Gasteiger partial charge >= 0.3 is 0 Å². The maximum absolute atomic E-state index is 13.0. The van der Waals surface area contributed by atoms with Gasteiger partial charge in [-0.1, -0.05) is 50.1 Å². The first-order chi connectivity index (χ1) is 9.04. The van der Waals surface area contributed by atoms with E-state index in [0.717, 1.165) is 27.4 Å². The van der Waals surface area contributed by atoms with E-state index in [9.17, 15) is 4.39 Å². The molecule has 1 unspecified atom stereocenters. The minimum Gasteiger partial charge on any atom is -0.327 e. The molecular formula is C15H14Br2FN. The summed E-state index contributed by atoms with van der Waals surface area (Å²) in [6.07, 6.45) is 1.52. The topological polar surface area (TPSA) is 26.0 Å². The molecule has 0 heterocycles. The molecule has 4 heteroatoms. The largest absolute Gasteiger partial charge is 0.327 e. The van der Waals surface area contributed by atoms with E-state index in [0.29, 0.717) is 0 Å². The van der Waals surface area contributed by atoms with E-state index in [2.05, 4.69) is 44.0 Å². The first-order valence-electron chi connectivity index (χ1n) is 5.98. The number of halogens is 3. The van der Waals surface area contributed by atoms with Crippen LogP contribution in [0.4, 0.5) is 4.39 Å². The van der Waals surface area contributed by atoms with Gasteiger partial charge in [0.25, 0.3) is 0 Å². The van der Waals surface area contributed by atoms with Crippen LogP contribution in [0.5, 0.6) is 0 Å². The maximum Gasteiger partial charge on any atom is 0.124 e. The molecule has 0 radical (unpaired) electrons. The standard InChI is InChI=1S/C15H14Br2FN/c16-12-4-1-10(2-5-12)7-14(19)8-11-3-6-13(18)9-15(11)17/h1-6,9,14H,7-8,19H2. The molecule has 100 valence electrons. The number of benzene rings is 2. The third-order valence-corrected chi connectivity index (χ3v) is 4.18. The van der Waals surface area contributed by atoms with E-state index in [1.807, 2.05) is 12.1 Å². The summed E-state index contributed by atoms with van der Waals surface area (Å²) >= 11 is 6.78. The molecule has 2 N–H and O–H groups in total. The average molecular weight is 387 g/mol. The van der Waals surface area contributed by atoms with Crippen molar-refractivity contribution in [3.8, 4) is 0 Å². The van der Waals surface area contributed by atoms with Crippen molar-refractivity contribution in [2.75, 3.05) is 0 Å². The molecular weight excluding hydrogens is 373 g/mol. The molecule has 0 spiro atoms. The molecule has 1 nitrogen and oxygen atoms in total. The summed E-state index contributed by atoms with van der Waals surface area (Å²) < 4.78 is 14.8. The molecule has 2 aromatic rings. The Kier molecular flexibility index (Phi) is 5.13. The Bertz CT molecular complexity index is 555. The van der Waals surface area contributed by atoms with Crippen LogP contribution in [0, 0.1) is 5.82 Å². The molecule has 19 heavy (non-hydrogen) atoms. The van der Waals surface area contributed by atoms with Crippen LogP contribution in [-0.2, 0) is 12.8 Å². The fraction of sp³-hybridized carbons (Fsp3) is 0.200. The van der Waals surface area contributed by atoms with Crippen LogP contribution in [-0.4, -0.2) is 6.04 Å². The van der Waals surface area contributed by atoms with E-state index in [4.69, 9.17) is 5.73 Å². The summed E-state index contributed by atoms with van der Waals surface area (Å²) in [7, 11) is 0. The van der Waals surface area contributed by atoms with Crippen LogP contribution in [0.1, 0.15) is 11.1 Å². The predicted octanol–water partition coefficient (Wildman–Crippen LogP) is 4.46. The van der Waals surface area contributed by atoms with E-state index >= 15 is 0 Å². The van der Waals surface area contributed by atoms with Crippen molar-refractivity contribution in [1.82, 2.24) is 0 Å². The van der Waals surface area contributed by atoms with Crippen molar-refractivity contribution in [3.05, 3.63) is 68.4 Å². The van der Waals surface area contributed by atoms with Gasteiger partial charge in [-0.15, -0.1) is 0 Å². The first-order valence-corrected chi connectivity index (χ1v) is 7.57. The molecule has 2 rings (SSSR count). The molecule has 0 aromatic heterocycles. The minimum absolute atomic E-state index is 0.0166. The molecule has 0 amide bonds. The summed E-state index contributed by atoms with van der Waals surface area (Å²) in [5.41, 5.74) is 8.39. The summed E-state index contributed by atoms with van der Waals surface area (Å²) in [6.45, 7) is 0. The van der Waals surface area contributed by atoms with Gasteiger partial charge in [-0.3, -0.25) is 0 Å². The lowest BCUT2D eigenvalue weighted by atomic mass is 10.00. The quantitative estimate of drug-likeness (QED) is 0.824. The maximum atomic E-state index is 13.0. The Morgan fingerprint density at radius 2 is 1.68 bits per heavy atom. The number of hydrogen-bond acceptors (Lipinski definition) is 1. The Morgan fingerprint density at radius 3 is 2.32 bits per heavy atom. The molecule has 0 saturated heterocycles. The SMILES string of the molecule is NC(Cc1ccc(Br)cc1)Cc1ccc(F)cc1Br. The third kappa shape index (κ3) is 4.41. The minimum atomic E-state index is -0.239. The Balaban J connectivity index is 2.01. The second kappa shape index (κ2) is 6.64. The lowest BCUT2D eigenvalue weighted by Gasteiger charge is -2.13. The molecule has 0 fully saturated rings. The predicted molar refractivity (Wildman–Crippen MR) is 83.6 cm³/mol. The van der Waals surface area contributed by atoms with Crippen molar-refractivity contribution in [1.29, 1.82) is 0 Å². The lowest BCUT2D eigenvalue weighted by Crippen LogP contribution is -2.25. The van der Waals surface area contributed by atoms with Crippen molar-refractivity contribution in [3.63, 3.8) is 0 Å². The van der Waals surface area contributed by atoms with Crippen molar-refractivity contribution < 1.29 is 4.39 Å². The molecule has 0 aliphatic rings. The Morgan fingerprint density at radius 1 is 1.00 bits per heavy atom. The highest BCUT2D eigenvalue weighted by molar-refractivity contribution is 9.10. The normalized spacial score (nSPS) is 12.4. The van der Waals surface area contributed by atoms with Gasteiger partial charge < -0.3 is 5.73 Å². The van der Waals surface area contributed by atoms with Gasteiger partial charge in [-0.05, 0) is 48.2 Å². The van der Waals surface area contributed by atoms with Gasteiger partial charge in [0.05, 0.1) is 0 Å². The van der Waals surface area contributed by atoms with Crippen LogP contribution in [0.2, 0.25) is 0 Å². The summed E-state index contributed by atoms with van der Waals surface area (Å²) in [5.74, 6) is -0.239. The first kappa shape index (κ1) is 14.7. The molecule has 1 atom stereocenters. The van der Waals surface area contributed by atoms with Gasteiger partial charge in [-0.2, -0.15) is 0 Å². The second-order valence-corrected chi connectivity index (χ2v) is 6.30. The average Bonchev–Trinajstić information content (AvgIpc) is 2.36. The van der Waals surface area contributed by atoms with Crippen molar-refractivity contribution >= 4 is 31.9 Å². The number of hydrogen-bond donors (Lipinski definition) is 1. The molecule has 0 bridgehead atoms. The monoisotopic (exact) mass is 385 g/mol. The van der Waals surface area contributed by atoms with Crippen LogP contribution >= 0.6 is 31.9 Å². The molecule has 0 aliphatic carbocycles. The summed E-state index contributed by atoms with van der Waals surface area (Å²) in [6, 6.07) is 12.9. The van der Waals surface area contributed by atoms with E-state index in [-0.39, 0.29) is 11.9 Å². The van der Waals surface area contributed by atoms with Gasteiger partial charge in [0.15, 0.2) is 0 Å². The van der Waals surface area contributed by atoms with Crippen molar-refractivity contribution in [2.24, 2.45) is 5.73 Å². The van der Waals surface area contributed by atoms with Gasteiger partial charge in [-0.25, -0.2) is 4.39 Å². The zero-order chi connectivity index (χ0) is 13.8. The number of rotatable bonds is 4. The van der Waals surface area contributed by atoms with Gasteiger partial charge in [0.1, 0.15) is 5.82 Å². The van der Waals surface area contributed by atoms with Gasteiger partial charge in [0, 0.05) is 15.0 Å². The van der Waals surface area contributed by atoms with Crippen LogP contribution < -0.4 is 5.73 Å². The second-order valence-electron chi connectivity index (χ2n) is 4.53. The smallest absolute Gasteiger partial charge is 0.124 e. The van der Waals surface area contributed by atoms with E-state index in [1.54, 1.807) is 6.07 Å². The van der Waals surface area contributed by atoms with Crippen LogP contribution in [0.15, 0.2) is 51.4 Å². The zero-order valence-corrected chi connectivity index (χ0v) is 13.4. The highest BCUT2D eigenvalue weighted by Crippen LogP contribution is 2.20. The summed E-state index contributed by atoms with van der Waals surface area (Å²) in [5, 5.41) is 0.